The molecule has 2 aliphatic rings. The van der Waals surface area contributed by atoms with Crippen molar-refractivity contribution in [2.24, 2.45) is 5.92 Å². The Hall–Kier alpha value is -2.00. The molecule has 21 heavy (non-hydrogen) atoms. The Labute approximate surface area is 124 Å². The third-order valence-corrected chi connectivity index (χ3v) is 4.68. The lowest BCUT2D eigenvalue weighted by atomic mass is 9.75. The number of hydrogen-bond donors (Lipinski definition) is 2. The Balaban J connectivity index is 1.86. The van der Waals surface area contributed by atoms with E-state index in [4.69, 9.17) is 4.74 Å². The van der Waals surface area contributed by atoms with Gasteiger partial charge in [-0.15, -0.1) is 0 Å². The second-order valence-corrected chi connectivity index (χ2v) is 5.90. The second-order valence-electron chi connectivity index (χ2n) is 5.90. The fourth-order valence-corrected chi connectivity index (χ4v) is 3.69. The summed E-state index contributed by atoms with van der Waals surface area (Å²) in [6, 6.07) is 13.9. The first-order valence-electron chi connectivity index (χ1n) is 7.64. The van der Waals surface area contributed by atoms with Crippen molar-refractivity contribution in [1.82, 2.24) is 5.32 Å². The van der Waals surface area contributed by atoms with Crippen LogP contribution in [0.25, 0.3) is 0 Å². The number of nitrogens with one attached hydrogen (secondary N) is 1. The van der Waals surface area contributed by atoms with E-state index in [9.17, 15) is 5.11 Å². The van der Waals surface area contributed by atoms with Gasteiger partial charge in [-0.2, -0.15) is 0 Å². The predicted molar refractivity (Wildman–Crippen MR) is 82.1 cm³/mol. The van der Waals surface area contributed by atoms with E-state index < -0.39 is 0 Å². The topological polar surface area (TPSA) is 41.5 Å². The molecule has 1 atom stereocenters. The number of fused-ring (bicyclic) bond motifs is 2. The van der Waals surface area contributed by atoms with Gasteiger partial charge < -0.3 is 15.2 Å². The Bertz CT molecular complexity index is 662. The minimum absolute atomic E-state index is 0.237. The molecule has 0 amide bonds. The first-order valence-corrected chi connectivity index (χ1v) is 7.64. The monoisotopic (exact) mass is 281 g/mol. The van der Waals surface area contributed by atoms with Gasteiger partial charge in [0.25, 0.3) is 0 Å². The maximum absolute atomic E-state index is 10.2. The zero-order valence-electron chi connectivity index (χ0n) is 11.9. The summed E-state index contributed by atoms with van der Waals surface area (Å²) in [6.45, 7) is 2.14. The van der Waals surface area contributed by atoms with Crippen LogP contribution in [0.15, 0.2) is 42.5 Å². The number of benzene rings is 2. The number of ether oxygens (including phenoxy) is 1. The molecule has 0 bridgehead atoms. The van der Waals surface area contributed by atoms with Crippen molar-refractivity contribution >= 4 is 0 Å². The van der Waals surface area contributed by atoms with Gasteiger partial charge in [-0.3, -0.25) is 0 Å². The van der Waals surface area contributed by atoms with Gasteiger partial charge in [-0.1, -0.05) is 30.3 Å². The maximum Gasteiger partial charge on any atom is 0.172 e. The van der Waals surface area contributed by atoms with Gasteiger partial charge in [-0.05, 0) is 44.0 Å². The fourth-order valence-electron chi connectivity index (χ4n) is 3.69. The molecule has 0 saturated carbocycles. The Morgan fingerprint density at radius 1 is 0.952 bits per heavy atom. The molecule has 1 unspecified atom stereocenters. The smallest absolute Gasteiger partial charge is 0.172 e. The van der Waals surface area contributed by atoms with Crippen molar-refractivity contribution in [3.63, 3.8) is 0 Å². The molecule has 1 fully saturated rings. The number of phenols is 1. The minimum atomic E-state index is 0.237. The number of para-hydroxylation sites is 2. The Kier molecular flexibility index (Phi) is 3.08. The highest BCUT2D eigenvalue weighted by molar-refractivity contribution is 5.58. The molecule has 1 saturated heterocycles. The van der Waals surface area contributed by atoms with E-state index in [-0.39, 0.29) is 5.75 Å². The van der Waals surface area contributed by atoms with Crippen LogP contribution in [-0.2, 0) is 0 Å². The van der Waals surface area contributed by atoms with Crippen LogP contribution in [0.1, 0.15) is 29.9 Å². The molecule has 0 spiro atoms. The summed E-state index contributed by atoms with van der Waals surface area (Å²) < 4.78 is 5.96. The predicted octanol–water partition coefficient (Wildman–Crippen LogP) is 3.63. The van der Waals surface area contributed by atoms with Gasteiger partial charge in [0.1, 0.15) is 5.75 Å². The van der Waals surface area contributed by atoms with Gasteiger partial charge in [0, 0.05) is 17.0 Å². The Morgan fingerprint density at radius 3 is 2.57 bits per heavy atom. The summed E-state index contributed by atoms with van der Waals surface area (Å²) in [7, 11) is 0. The van der Waals surface area contributed by atoms with E-state index in [0.29, 0.717) is 17.6 Å². The zero-order valence-corrected chi connectivity index (χ0v) is 11.9. The molecule has 2 aliphatic heterocycles. The van der Waals surface area contributed by atoms with Crippen LogP contribution in [0.2, 0.25) is 0 Å². The lowest BCUT2D eigenvalue weighted by Gasteiger charge is -2.36. The van der Waals surface area contributed by atoms with E-state index >= 15 is 0 Å². The summed E-state index contributed by atoms with van der Waals surface area (Å²) >= 11 is 0. The molecule has 3 nitrogen and oxygen atoms in total. The molecule has 4 rings (SSSR count). The third kappa shape index (κ3) is 2.09. The number of aromatic hydroxyl groups is 1. The maximum atomic E-state index is 10.2. The van der Waals surface area contributed by atoms with Crippen LogP contribution >= 0.6 is 0 Å². The van der Waals surface area contributed by atoms with Crippen LogP contribution in [0.5, 0.6) is 17.2 Å². The van der Waals surface area contributed by atoms with E-state index in [2.05, 4.69) is 23.5 Å². The molecular formula is C18H19NO2. The first-order chi connectivity index (χ1) is 10.3. The summed E-state index contributed by atoms with van der Waals surface area (Å²) in [5, 5.41) is 13.6. The standard InChI is InChI=1S/C18H19NO2/c20-15-6-3-5-14-17(12-8-10-19-11-9-12)13-4-1-2-7-16(13)21-18(14)15/h1-7,12,17,19-20H,8-11H2. The number of piperidine rings is 1. The average molecular weight is 281 g/mol. The van der Waals surface area contributed by atoms with Gasteiger partial charge in [0.05, 0.1) is 0 Å². The van der Waals surface area contributed by atoms with E-state index in [1.807, 2.05) is 18.2 Å². The number of phenolic OH excluding ortho intramolecular Hbond substituents is 1. The summed E-state index contributed by atoms with van der Waals surface area (Å²) in [4.78, 5) is 0. The van der Waals surface area contributed by atoms with Crippen LogP contribution in [-0.4, -0.2) is 18.2 Å². The summed E-state index contributed by atoms with van der Waals surface area (Å²) in [6.07, 6.45) is 2.32. The van der Waals surface area contributed by atoms with Gasteiger partial charge >= 0.3 is 0 Å². The molecule has 2 heterocycles. The molecule has 108 valence electrons. The molecule has 2 N–H and O–H groups in total. The SMILES string of the molecule is Oc1cccc2c1Oc1ccccc1C2C1CCNCC1. The van der Waals surface area contributed by atoms with Gasteiger partial charge in [0.15, 0.2) is 11.5 Å². The molecule has 3 heteroatoms. The molecular weight excluding hydrogens is 262 g/mol. The molecule has 2 aromatic rings. The summed E-state index contributed by atoms with van der Waals surface area (Å²) in [5.41, 5.74) is 2.38. The summed E-state index contributed by atoms with van der Waals surface area (Å²) in [5.74, 6) is 2.67. The molecule has 2 aromatic carbocycles. The van der Waals surface area contributed by atoms with Crippen LogP contribution in [0, 0.1) is 5.92 Å². The van der Waals surface area contributed by atoms with E-state index in [1.165, 1.54) is 5.56 Å². The zero-order chi connectivity index (χ0) is 14.2. The highest BCUT2D eigenvalue weighted by Gasteiger charge is 2.34. The lowest BCUT2D eigenvalue weighted by Crippen LogP contribution is -2.32. The molecule has 0 radical (unpaired) electrons. The van der Waals surface area contributed by atoms with Gasteiger partial charge in [-0.25, -0.2) is 0 Å². The first kappa shape index (κ1) is 12.7. The lowest BCUT2D eigenvalue weighted by molar-refractivity contribution is 0.315. The average Bonchev–Trinajstić information content (AvgIpc) is 2.54. The minimum Gasteiger partial charge on any atom is -0.504 e. The largest absolute Gasteiger partial charge is 0.504 e. The van der Waals surface area contributed by atoms with Crippen molar-refractivity contribution in [2.75, 3.05) is 13.1 Å². The van der Waals surface area contributed by atoms with Crippen molar-refractivity contribution in [2.45, 2.75) is 18.8 Å². The van der Waals surface area contributed by atoms with Crippen LogP contribution in [0.4, 0.5) is 0 Å². The highest BCUT2D eigenvalue weighted by atomic mass is 16.5. The van der Waals surface area contributed by atoms with E-state index in [1.54, 1.807) is 6.07 Å². The van der Waals surface area contributed by atoms with E-state index in [0.717, 1.165) is 37.2 Å². The third-order valence-electron chi connectivity index (χ3n) is 4.68. The van der Waals surface area contributed by atoms with Crippen LogP contribution in [0.3, 0.4) is 0 Å². The number of hydrogen-bond acceptors (Lipinski definition) is 3. The highest BCUT2D eigenvalue weighted by Crippen LogP contribution is 2.51. The molecule has 0 aliphatic carbocycles. The van der Waals surface area contributed by atoms with Crippen molar-refractivity contribution in [3.8, 4) is 17.2 Å². The second kappa shape index (κ2) is 5.08. The van der Waals surface area contributed by atoms with Crippen LogP contribution < -0.4 is 10.1 Å². The van der Waals surface area contributed by atoms with Crippen molar-refractivity contribution < 1.29 is 9.84 Å². The quantitative estimate of drug-likeness (QED) is 0.838. The molecule has 0 aromatic heterocycles. The normalized spacial score (nSPS) is 21.2. The Morgan fingerprint density at radius 2 is 1.71 bits per heavy atom. The van der Waals surface area contributed by atoms with Gasteiger partial charge in [0.2, 0.25) is 0 Å². The van der Waals surface area contributed by atoms with Crippen molar-refractivity contribution in [3.05, 3.63) is 53.6 Å². The van der Waals surface area contributed by atoms with Crippen molar-refractivity contribution in [1.29, 1.82) is 0 Å². The number of rotatable bonds is 1. The fraction of sp³-hybridized carbons (Fsp3) is 0.333.